The van der Waals surface area contributed by atoms with Crippen LogP contribution in [0.25, 0.3) is 0 Å². The fourth-order valence-corrected chi connectivity index (χ4v) is 2.99. The highest BCUT2D eigenvalue weighted by molar-refractivity contribution is 5.30. The molecule has 2 rings (SSSR count). The Hall–Kier alpha value is -0.860. The molecule has 0 amide bonds. The van der Waals surface area contributed by atoms with Crippen LogP contribution in [0.3, 0.4) is 0 Å². The molecule has 3 atom stereocenters. The van der Waals surface area contributed by atoms with E-state index in [1.54, 1.807) is 0 Å². The lowest BCUT2D eigenvalue weighted by Gasteiger charge is -2.26. The van der Waals surface area contributed by atoms with Crippen molar-refractivity contribution in [2.24, 2.45) is 0 Å². The second-order valence-corrected chi connectivity index (χ2v) is 6.69. The van der Waals surface area contributed by atoms with Crippen LogP contribution in [0.15, 0.2) is 24.3 Å². The summed E-state index contributed by atoms with van der Waals surface area (Å²) in [5.74, 6) is 0. The number of ether oxygens (including phenoxy) is 1. The average Bonchev–Trinajstić information content (AvgIpc) is 2.87. The summed E-state index contributed by atoms with van der Waals surface area (Å²) in [6.45, 7) is 9.02. The summed E-state index contributed by atoms with van der Waals surface area (Å²) in [7, 11) is 2.03. The Labute approximate surface area is 123 Å². The van der Waals surface area contributed by atoms with Crippen LogP contribution in [0.5, 0.6) is 0 Å². The topological polar surface area (TPSA) is 21.3 Å². The first-order chi connectivity index (χ1) is 9.47. The van der Waals surface area contributed by atoms with Gasteiger partial charge in [-0.05, 0) is 49.8 Å². The highest BCUT2D eigenvalue weighted by Gasteiger charge is 2.30. The summed E-state index contributed by atoms with van der Waals surface area (Å²) in [5, 5.41) is 3.43. The fourth-order valence-electron chi connectivity index (χ4n) is 2.99. The van der Waals surface area contributed by atoms with Crippen molar-refractivity contribution in [1.29, 1.82) is 0 Å². The summed E-state index contributed by atoms with van der Waals surface area (Å²) in [6.07, 6.45) is 4.18. The summed E-state index contributed by atoms with van der Waals surface area (Å²) < 4.78 is 6.02. The van der Waals surface area contributed by atoms with Gasteiger partial charge >= 0.3 is 0 Å². The standard InChI is InChI=1S/C18H29NO/c1-6-18(3,4)15-10-8-14(9-11-15)17(19-5)16-12-7-13(2)20-16/h8-11,13,16-17,19H,6-7,12H2,1-5H3. The predicted molar refractivity (Wildman–Crippen MR) is 85.1 cm³/mol. The van der Waals surface area contributed by atoms with Gasteiger partial charge in [-0.3, -0.25) is 0 Å². The molecule has 1 aromatic rings. The fraction of sp³-hybridized carbons (Fsp3) is 0.667. The molecule has 0 aliphatic carbocycles. The van der Waals surface area contributed by atoms with Crippen LogP contribution < -0.4 is 5.32 Å². The van der Waals surface area contributed by atoms with Crippen molar-refractivity contribution in [3.63, 3.8) is 0 Å². The van der Waals surface area contributed by atoms with E-state index in [-0.39, 0.29) is 5.41 Å². The summed E-state index contributed by atoms with van der Waals surface area (Å²) in [6, 6.07) is 9.39. The van der Waals surface area contributed by atoms with Gasteiger partial charge in [0.05, 0.1) is 18.2 Å². The number of likely N-dealkylation sites (N-methyl/N-ethyl adjacent to an activating group) is 1. The van der Waals surface area contributed by atoms with E-state index < -0.39 is 0 Å². The quantitative estimate of drug-likeness (QED) is 0.869. The van der Waals surface area contributed by atoms with Crippen LogP contribution in [0, 0.1) is 0 Å². The highest BCUT2D eigenvalue weighted by atomic mass is 16.5. The van der Waals surface area contributed by atoms with Crippen LogP contribution in [-0.4, -0.2) is 19.3 Å². The molecule has 3 unspecified atom stereocenters. The van der Waals surface area contributed by atoms with Gasteiger partial charge in [0.15, 0.2) is 0 Å². The Bertz CT molecular complexity index is 424. The minimum atomic E-state index is 0.256. The molecule has 112 valence electrons. The van der Waals surface area contributed by atoms with E-state index in [0.29, 0.717) is 18.2 Å². The molecule has 2 heteroatoms. The second-order valence-electron chi connectivity index (χ2n) is 6.69. The molecular weight excluding hydrogens is 246 g/mol. The molecule has 1 aromatic carbocycles. The molecule has 1 N–H and O–H groups in total. The first-order valence-electron chi connectivity index (χ1n) is 7.91. The summed E-state index contributed by atoms with van der Waals surface area (Å²) in [5.41, 5.74) is 3.01. The molecule has 1 aliphatic rings. The third-order valence-corrected chi connectivity index (χ3v) is 4.88. The van der Waals surface area contributed by atoms with Crippen molar-refractivity contribution in [3.8, 4) is 0 Å². The van der Waals surface area contributed by atoms with Crippen LogP contribution in [0.4, 0.5) is 0 Å². The molecular formula is C18H29NO. The van der Waals surface area contributed by atoms with E-state index in [0.717, 1.165) is 12.8 Å². The Balaban J connectivity index is 2.15. The molecule has 0 saturated carbocycles. The van der Waals surface area contributed by atoms with Crippen molar-refractivity contribution >= 4 is 0 Å². The van der Waals surface area contributed by atoms with E-state index in [9.17, 15) is 0 Å². The summed E-state index contributed by atoms with van der Waals surface area (Å²) in [4.78, 5) is 0. The second kappa shape index (κ2) is 6.28. The Morgan fingerprint density at radius 1 is 1.25 bits per heavy atom. The zero-order chi connectivity index (χ0) is 14.8. The minimum absolute atomic E-state index is 0.256. The molecule has 1 fully saturated rings. The molecule has 0 radical (unpaired) electrons. The van der Waals surface area contributed by atoms with Gasteiger partial charge in [-0.25, -0.2) is 0 Å². The molecule has 0 aromatic heterocycles. The largest absolute Gasteiger partial charge is 0.373 e. The van der Waals surface area contributed by atoms with Gasteiger partial charge in [0, 0.05) is 0 Å². The van der Waals surface area contributed by atoms with Crippen molar-refractivity contribution in [2.75, 3.05) is 7.05 Å². The van der Waals surface area contributed by atoms with Gasteiger partial charge in [0.2, 0.25) is 0 Å². The van der Waals surface area contributed by atoms with Gasteiger partial charge < -0.3 is 10.1 Å². The van der Waals surface area contributed by atoms with Crippen LogP contribution in [-0.2, 0) is 10.2 Å². The SMILES string of the molecule is CCC(C)(C)c1ccc(C(NC)C2CCC(C)O2)cc1. The Morgan fingerprint density at radius 2 is 1.90 bits per heavy atom. The lowest BCUT2D eigenvalue weighted by atomic mass is 9.81. The van der Waals surface area contributed by atoms with E-state index in [1.165, 1.54) is 17.5 Å². The number of hydrogen-bond acceptors (Lipinski definition) is 2. The molecule has 1 heterocycles. The van der Waals surface area contributed by atoms with Gasteiger partial charge in [-0.15, -0.1) is 0 Å². The molecule has 1 aliphatic heterocycles. The lowest BCUT2D eigenvalue weighted by molar-refractivity contribution is 0.0333. The zero-order valence-electron chi connectivity index (χ0n) is 13.6. The van der Waals surface area contributed by atoms with E-state index in [2.05, 4.69) is 57.3 Å². The summed E-state index contributed by atoms with van der Waals surface area (Å²) >= 11 is 0. The lowest BCUT2D eigenvalue weighted by Crippen LogP contribution is -2.29. The predicted octanol–water partition coefficient (Wildman–Crippen LogP) is 4.20. The van der Waals surface area contributed by atoms with Crippen LogP contribution >= 0.6 is 0 Å². The average molecular weight is 275 g/mol. The maximum atomic E-state index is 6.02. The zero-order valence-corrected chi connectivity index (χ0v) is 13.6. The minimum Gasteiger partial charge on any atom is -0.373 e. The van der Waals surface area contributed by atoms with E-state index >= 15 is 0 Å². The maximum Gasteiger partial charge on any atom is 0.0774 e. The first kappa shape index (κ1) is 15.5. The van der Waals surface area contributed by atoms with E-state index in [4.69, 9.17) is 4.74 Å². The molecule has 1 saturated heterocycles. The van der Waals surface area contributed by atoms with Crippen LogP contribution in [0.2, 0.25) is 0 Å². The van der Waals surface area contributed by atoms with Gasteiger partial charge in [-0.2, -0.15) is 0 Å². The van der Waals surface area contributed by atoms with Crippen LogP contribution in [0.1, 0.15) is 64.1 Å². The van der Waals surface area contributed by atoms with E-state index in [1.807, 2.05) is 7.05 Å². The maximum absolute atomic E-state index is 6.02. The highest BCUT2D eigenvalue weighted by Crippen LogP contribution is 2.32. The molecule has 20 heavy (non-hydrogen) atoms. The smallest absolute Gasteiger partial charge is 0.0774 e. The molecule has 2 nitrogen and oxygen atoms in total. The molecule has 0 spiro atoms. The van der Waals surface area contributed by atoms with Crippen molar-refractivity contribution in [3.05, 3.63) is 35.4 Å². The van der Waals surface area contributed by atoms with Crippen molar-refractivity contribution < 1.29 is 4.74 Å². The number of rotatable bonds is 5. The number of benzene rings is 1. The van der Waals surface area contributed by atoms with Gasteiger partial charge in [0.25, 0.3) is 0 Å². The Kier molecular flexibility index (Phi) is 4.87. The normalized spacial score (nSPS) is 24.9. The number of hydrogen-bond donors (Lipinski definition) is 1. The number of nitrogens with one attached hydrogen (secondary N) is 1. The van der Waals surface area contributed by atoms with Gasteiger partial charge in [0.1, 0.15) is 0 Å². The third kappa shape index (κ3) is 3.24. The monoisotopic (exact) mass is 275 g/mol. The third-order valence-electron chi connectivity index (χ3n) is 4.88. The molecule has 0 bridgehead atoms. The first-order valence-corrected chi connectivity index (χ1v) is 7.91. The van der Waals surface area contributed by atoms with Crippen molar-refractivity contribution in [1.82, 2.24) is 5.32 Å². The van der Waals surface area contributed by atoms with Crippen molar-refractivity contribution in [2.45, 2.75) is 70.6 Å². The van der Waals surface area contributed by atoms with Gasteiger partial charge in [-0.1, -0.05) is 45.0 Å². The Morgan fingerprint density at radius 3 is 2.35 bits per heavy atom.